The Morgan fingerprint density at radius 3 is 2.74 bits per heavy atom. The van der Waals surface area contributed by atoms with E-state index in [2.05, 4.69) is 21.2 Å². The van der Waals surface area contributed by atoms with Gasteiger partial charge in [0.2, 0.25) is 0 Å². The van der Waals surface area contributed by atoms with Crippen molar-refractivity contribution in [1.29, 1.82) is 5.26 Å². The van der Waals surface area contributed by atoms with Gasteiger partial charge >= 0.3 is 0 Å². The van der Waals surface area contributed by atoms with Crippen LogP contribution >= 0.6 is 15.9 Å². The molecule has 0 fully saturated rings. The molecule has 2 aromatic rings. The van der Waals surface area contributed by atoms with E-state index < -0.39 is 11.7 Å². The zero-order valence-corrected chi connectivity index (χ0v) is 11.2. The maximum absolute atomic E-state index is 13.6. The van der Waals surface area contributed by atoms with Crippen LogP contribution in [0.3, 0.4) is 0 Å². The van der Waals surface area contributed by atoms with Crippen molar-refractivity contribution in [2.24, 2.45) is 0 Å². The Kier molecular flexibility index (Phi) is 3.93. The van der Waals surface area contributed by atoms with Crippen LogP contribution in [0.4, 0.5) is 10.1 Å². The highest BCUT2D eigenvalue weighted by molar-refractivity contribution is 9.10. The molecule has 0 aromatic heterocycles. The van der Waals surface area contributed by atoms with Crippen molar-refractivity contribution >= 4 is 27.5 Å². The molecule has 0 aliphatic heterocycles. The van der Waals surface area contributed by atoms with Crippen molar-refractivity contribution in [3.63, 3.8) is 0 Å². The van der Waals surface area contributed by atoms with Crippen LogP contribution in [-0.2, 0) is 0 Å². The van der Waals surface area contributed by atoms with Crippen LogP contribution in [0.1, 0.15) is 15.9 Å². The van der Waals surface area contributed by atoms with E-state index in [4.69, 9.17) is 5.26 Å². The fourth-order valence-electron chi connectivity index (χ4n) is 1.52. The molecule has 0 atom stereocenters. The molecule has 2 rings (SSSR count). The van der Waals surface area contributed by atoms with E-state index in [1.54, 1.807) is 24.3 Å². The molecular formula is C14H8BrFN2O. The molecule has 1 N–H and O–H groups in total. The van der Waals surface area contributed by atoms with E-state index in [0.717, 1.165) is 0 Å². The molecule has 94 valence electrons. The Hall–Kier alpha value is -2.19. The van der Waals surface area contributed by atoms with Crippen molar-refractivity contribution in [3.8, 4) is 6.07 Å². The third kappa shape index (κ3) is 3.18. The molecule has 0 saturated carbocycles. The zero-order valence-electron chi connectivity index (χ0n) is 9.65. The van der Waals surface area contributed by atoms with E-state index >= 15 is 0 Å². The summed E-state index contributed by atoms with van der Waals surface area (Å²) >= 11 is 3.14. The van der Waals surface area contributed by atoms with Crippen molar-refractivity contribution in [2.45, 2.75) is 0 Å². The third-order valence-corrected chi connectivity index (χ3v) is 2.93. The minimum Gasteiger partial charge on any atom is -0.319 e. The average Bonchev–Trinajstić information content (AvgIpc) is 2.42. The van der Waals surface area contributed by atoms with E-state index in [1.165, 1.54) is 18.2 Å². The van der Waals surface area contributed by atoms with E-state index in [9.17, 15) is 9.18 Å². The average molecular weight is 319 g/mol. The number of hydrogen-bond donors (Lipinski definition) is 1. The van der Waals surface area contributed by atoms with Crippen LogP contribution in [0.5, 0.6) is 0 Å². The summed E-state index contributed by atoms with van der Waals surface area (Å²) in [4.78, 5) is 11.9. The molecule has 0 saturated heterocycles. The van der Waals surface area contributed by atoms with Gasteiger partial charge in [-0.05, 0) is 36.4 Å². The smallest absolute Gasteiger partial charge is 0.255 e. The number of rotatable bonds is 2. The first-order chi connectivity index (χ1) is 9.10. The molecule has 0 aliphatic carbocycles. The first kappa shape index (κ1) is 13.2. The van der Waals surface area contributed by atoms with Gasteiger partial charge in [0, 0.05) is 10.0 Å². The van der Waals surface area contributed by atoms with Crippen LogP contribution in [0.25, 0.3) is 0 Å². The Bertz CT molecular complexity index is 679. The van der Waals surface area contributed by atoms with Gasteiger partial charge in [0.1, 0.15) is 5.82 Å². The summed E-state index contributed by atoms with van der Waals surface area (Å²) in [6.45, 7) is 0. The number of carbonyl (C=O) groups excluding carboxylic acids is 1. The van der Waals surface area contributed by atoms with Gasteiger partial charge < -0.3 is 5.32 Å². The number of nitriles is 1. The van der Waals surface area contributed by atoms with Gasteiger partial charge in [-0.25, -0.2) is 4.39 Å². The first-order valence-electron chi connectivity index (χ1n) is 5.37. The van der Waals surface area contributed by atoms with Crippen LogP contribution in [-0.4, -0.2) is 5.91 Å². The molecular weight excluding hydrogens is 311 g/mol. The predicted molar refractivity (Wildman–Crippen MR) is 73.2 cm³/mol. The Balaban J connectivity index is 2.23. The van der Waals surface area contributed by atoms with Crippen molar-refractivity contribution in [1.82, 2.24) is 0 Å². The standard InChI is InChI=1S/C14H8BrFN2O/c15-11-4-5-13(12(16)7-11)18-14(19)10-3-1-2-9(6-10)8-17/h1-7H,(H,18,19). The van der Waals surface area contributed by atoms with E-state index in [0.29, 0.717) is 15.6 Å². The maximum Gasteiger partial charge on any atom is 0.255 e. The topological polar surface area (TPSA) is 52.9 Å². The summed E-state index contributed by atoms with van der Waals surface area (Å²) < 4.78 is 14.2. The fourth-order valence-corrected chi connectivity index (χ4v) is 1.85. The van der Waals surface area contributed by atoms with Gasteiger partial charge in [-0.3, -0.25) is 4.79 Å². The number of nitrogens with one attached hydrogen (secondary N) is 1. The highest BCUT2D eigenvalue weighted by Gasteiger charge is 2.10. The zero-order chi connectivity index (χ0) is 13.8. The Morgan fingerprint density at radius 2 is 2.05 bits per heavy atom. The molecule has 3 nitrogen and oxygen atoms in total. The second kappa shape index (κ2) is 5.63. The number of anilines is 1. The number of amides is 1. The molecule has 1 amide bonds. The van der Waals surface area contributed by atoms with Gasteiger partial charge in [-0.15, -0.1) is 0 Å². The molecule has 5 heteroatoms. The predicted octanol–water partition coefficient (Wildman–Crippen LogP) is 3.71. The number of nitrogens with zero attached hydrogens (tertiary/aromatic N) is 1. The maximum atomic E-state index is 13.6. The lowest BCUT2D eigenvalue weighted by molar-refractivity contribution is 0.102. The second-order valence-electron chi connectivity index (χ2n) is 3.77. The first-order valence-corrected chi connectivity index (χ1v) is 6.16. The quantitative estimate of drug-likeness (QED) is 0.917. The SMILES string of the molecule is N#Cc1cccc(C(=O)Nc2ccc(Br)cc2F)c1. The summed E-state index contributed by atoms with van der Waals surface area (Å²) in [5.74, 6) is -0.988. The molecule has 19 heavy (non-hydrogen) atoms. The summed E-state index contributed by atoms with van der Waals surface area (Å²) in [5.41, 5.74) is 0.779. The van der Waals surface area contributed by atoms with Gasteiger partial charge in [0.05, 0.1) is 17.3 Å². The molecule has 0 bridgehead atoms. The van der Waals surface area contributed by atoms with E-state index in [-0.39, 0.29) is 5.69 Å². The number of benzene rings is 2. The van der Waals surface area contributed by atoms with Crippen LogP contribution in [0.15, 0.2) is 46.9 Å². The van der Waals surface area contributed by atoms with Crippen LogP contribution in [0, 0.1) is 17.1 Å². The largest absolute Gasteiger partial charge is 0.319 e. The molecule has 0 heterocycles. The summed E-state index contributed by atoms with van der Waals surface area (Å²) in [5, 5.41) is 11.2. The number of hydrogen-bond acceptors (Lipinski definition) is 2. The van der Waals surface area contributed by atoms with Gasteiger partial charge in [0.15, 0.2) is 0 Å². The molecule has 0 spiro atoms. The van der Waals surface area contributed by atoms with Gasteiger partial charge in [-0.1, -0.05) is 22.0 Å². The lowest BCUT2D eigenvalue weighted by Crippen LogP contribution is -2.13. The number of halogens is 2. The second-order valence-corrected chi connectivity index (χ2v) is 4.69. The van der Waals surface area contributed by atoms with Gasteiger partial charge in [-0.2, -0.15) is 5.26 Å². The van der Waals surface area contributed by atoms with Gasteiger partial charge in [0.25, 0.3) is 5.91 Å². The van der Waals surface area contributed by atoms with Crippen LogP contribution in [0.2, 0.25) is 0 Å². The van der Waals surface area contributed by atoms with Crippen molar-refractivity contribution in [2.75, 3.05) is 5.32 Å². The summed E-state index contributed by atoms with van der Waals surface area (Å²) in [6, 6.07) is 12.5. The summed E-state index contributed by atoms with van der Waals surface area (Å²) in [6.07, 6.45) is 0. The normalized spacial score (nSPS) is 9.74. The van der Waals surface area contributed by atoms with E-state index in [1.807, 2.05) is 6.07 Å². The lowest BCUT2D eigenvalue weighted by Gasteiger charge is -2.06. The highest BCUT2D eigenvalue weighted by Crippen LogP contribution is 2.20. The molecule has 2 aromatic carbocycles. The highest BCUT2D eigenvalue weighted by atomic mass is 79.9. The molecule has 0 aliphatic rings. The molecule has 0 unspecified atom stereocenters. The number of carbonyl (C=O) groups is 1. The fraction of sp³-hybridized carbons (Fsp3) is 0. The minimum atomic E-state index is -0.529. The minimum absolute atomic E-state index is 0.0931. The lowest BCUT2D eigenvalue weighted by atomic mass is 10.1. The third-order valence-electron chi connectivity index (χ3n) is 2.43. The van der Waals surface area contributed by atoms with Crippen molar-refractivity contribution in [3.05, 3.63) is 63.9 Å². The van der Waals surface area contributed by atoms with Crippen LogP contribution < -0.4 is 5.32 Å². The summed E-state index contributed by atoms with van der Waals surface area (Å²) in [7, 11) is 0. The monoisotopic (exact) mass is 318 g/mol. The Labute approximate surface area is 117 Å². The Morgan fingerprint density at radius 1 is 1.26 bits per heavy atom. The molecule has 0 radical (unpaired) electrons. The van der Waals surface area contributed by atoms with Crippen molar-refractivity contribution < 1.29 is 9.18 Å².